The van der Waals surface area contributed by atoms with Crippen LogP contribution < -0.4 is 0 Å². The lowest BCUT2D eigenvalue weighted by molar-refractivity contribution is -0.325. The van der Waals surface area contributed by atoms with E-state index in [1.165, 1.54) is 0 Å². The number of rotatable bonds is 3. The maximum absolute atomic E-state index is 11.6. The Balaban J connectivity index is 2.08. The van der Waals surface area contributed by atoms with Crippen LogP contribution in [0.2, 0.25) is 0 Å². The van der Waals surface area contributed by atoms with E-state index in [4.69, 9.17) is 0 Å². The van der Waals surface area contributed by atoms with Gasteiger partial charge in [0.2, 0.25) is 0 Å². The summed E-state index contributed by atoms with van der Waals surface area (Å²) in [5, 5.41) is 10.9. The van der Waals surface area contributed by atoms with Gasteiger partial charge in [-0.25, -0.2) is 5.11 Å². The summed E-state index contributed by atoms with van der Waals surface area (Å²) in [5.41, 5.74) is 0. The standard InChI is InChI=1S/C8H13F3NO2/c9-8(10,11)14-6-5-12-3-1-7(13)2-4-12/h7H,1-6H2. The van der Waals surface area contributed by atoms with Gasteiger partial charge in [0.25, 0.3) is 0 Å². The van der Waals surface area contributed by atoms with Crippen LogP contribution >= 0.6 is 0 Å². The molecule has 14 heavy (non-hydrogen) atoms. The Morgan fingerprint density at radius 2 is 1.86 bits per heavy atom. The lowest BCUT2D eigenvalue weighted by atomic mass is 10.1. The van der Waals surface area contributed by atoms with Gasteiger partial charge in [0, 0.05) is 19.6 Å². The summed E-state index contributed by atoms with van der Waals surface area (Å²) in [6, 6.07) is 0. The maximum Gasteiger partial charge on any atom is 0.522 e. The molecule has 1 fully saturated rings. The van der Waals surface area contributed by atoms with Crippen molar-refractivity contribution in [2.45, 2.75) is 25.3 Å². The first kappa shape index (κ1) is 11.7. The Bertz CT molecular complexity index is 166. The molecule has 0 aromatic rings. The Hall–Kier alpha value is -0.330. The van der Waals surface area contributed by atoms with E-state index in [1.54, 1.807) is 0 Å². The van der Waals surface area contributed by atoms with Gasteiger partial charge in [-0.3, -0.25) is 4.74 Å². The minimum Gasteiger partial charge on any atom is -0.301 e. The van der Waals surface area contributed by atoms with E-state index in [0.29, 0.717) is 25.9 Å². The van der Waals surface area contributed by atoms with Crippen molar-refractivity contribution >= 4 is 0 Å². The van der Waals surface area contributed by atoms with Crippen LogP contribution in [-0.4, -0.2) is 43.6 Å². The van der Waals surface area contributed by atoms with Gasteiger partial charge in [-0.1, -0.05) is 0 Å². The Kier molecular flexibility index (Phi) is 4.15. The largest absolute Gasteiger partial charge is 0.522 e. The van der Waals surface area contributed by atoms with Crippen molar-refractivity contribution in [2.75, 3.05) is 26.2 Å². The van der Waals surface area contributed by atoms with E-state index >= 15 is 0 Å². The zero-order chi connectivity index (χ0) is 10.6. The van der Waals surface area contributed by atoms with Gasteiger partial charge in [-0.15, -0.1) is 13.2 Å². The summed E-state index contributed by atoms with van der Waals surface area (Å²) in [6.07, 6.45) is -4.05. The van der Waals surface area contributed by atoms with Gasteiger partial charge in [-0.2, -0.15) is 0 Å². The molecule has 0 N–H and O–H groups in total. The van der Waals surface area contributed by atoms with Crippen LogP contribution in [0.3, 0.4) is 0 Å². The lowest BCUT2D eigenvalue weighted by Crippen LogP contribution is -2.38. The molecule has 1 aliphatic rings. The molecule has 0 aliphatic carbocycles. The van der Waals surface area contributed by atoms with Crippen LogP contribution in [0.1, 0.15) is 12.8 Å². The van der Waals surface area contributed by atoms with Gasteiger partial charge < -0.3 is 4.90 Å². The Morgan fingerprint density at radius 3 is 2.36 bits per heavy atom. The minimum absolute atomic E-state index is 0.242. The second-order valence-corrected chi connectivity index (χ2v) is 3.34. The number of hydrogen-bond acceptors (Lipinski definition) is 2. The van der Waals surface area contributed by atoms with E-state index in [-0.39, 0.29) is 13.2 Å². The third kappa shape index (κ3) is 4.78. The fraction of sp³-hybridized carbons (Fsp3) is 1.00. The summed E-state index contributed by atoms with van der Waals surface area (Å²) >= 11 is 0. The number of hydrogen-bond donors (Lipinski definition) is 0. The van der Waals surface area contributed by atoms with Gasteiger partial charge in [0.15, 0.2) is 0 Å². The zero-order valence-electron chi connectivity index (χ0n) is 7.72. The molecule has 0 bridgehead atoms. The normalized spacial score (nSPS) is 21.4. The van der Waals surface area contributed by atoms with Crippen LogP contribution in [-0.2, 0) is 9.84 Å². The zero-order valence-corrected chi connectivity index (χ0v) is 7.72. The quantitative estimate of drug-likeness (QED) is 0.708. The summed E-state index contributed by atoms with van der Waals surface area (Å²) in [4.78, 5) is 1.82. The van der Waals surface area contributed by atoms with Crippen LogP contribution in [0.4, 0.5) is 13.2 Å². The third-order valence-corrected chi connectivity index (χ3v) is 2.21. The lowest BCUT2D eigenvalue weighted by Gasteiger charge is -2.28. The molecule has 1 heterocycles. The molecular weight excluding hydrogens is 199 g/mol. The Morgan fingerprint density at radius 1 is 1.29 bits per heavy atom. The predicted octanol–water partition coefficient (Wildman–Crippen LogP) is 1.42. The number of alkyl halides is 3. The van der Waals surface area contributed by atoms with Gasteiger partial charge >= 0.3 is 6.36 Å². The van der Waals surface area contributed by atoms with Crippen LogP contribution in [0.5, 0.6) is 0 Å². The summed E-state index contributed by atoms with van der Waals surface area (Å²) in [5.74, 6) is 0. The summed E-state index contributed by atoms with van der Waals surface area (Å²) in [6.45, 7) is 1.05. The molecule has 1 aliphatic heterocycles. The number of halogens is 3. The molecule has 0 unspecified atom stereocenters. The molecular formula is C8H13F3NO2. The third-order valence-electron chi connectivity index (χ3n) is 2.21. The summed E-state index contributed by atoms with van der Waals surface area (Å²) in [7, 11) is 0. The molecule has 0 saturated carbocycles. The fourth-order valence-electron chi connectivity index (χ4n) is 1.42. The number of likely N-dealkylation sites (tertiary alicyclic amines) is 1. The average Bonchev–Trinajstić information content (AvgIpc) is 2.06. The summed E-state index contributed by atoms with van der Waals surface area (Å²) < 4.78 is 38.4. The van der Waals surface area contributed by atoms with E-state index in [0.717, 1.165) is 0 Å². The highest BCUT2D eigenvalue weighted by molar-refractivity contribution is 4.70. The molecule has 0 spiro atoms. The topological polar surface area (TPSA) is 32.4 Å². The highest BCUT2D eigenvalue weighted by Gasteiger charge is 2.29. The second-order valence-electron chi connectivity index (χ2n) is 3.34. The molecule has 6 heteroatoms. The van der Waals surface area contributed by atoms with Crippen molar-refractivity contribution in [3.05, 3.63) is 0 Å². The second kappa shape index (κ2) is 4.95. The molecule has 1 radical (unpaired) electrons. The van der Waals surface area contributed by atoms with Crippen LogP contribution in [0.25, 0.3) is 0 Å². The molecule has 0 atom stereocenters. The monoisotopic (exact) mass is 212 g/mol. The number of ether oxygens (including phenoxy) is 1. The molecule has 1 saturated heterocycles. The SMILES string of the molecule is [O]C1CCN(CCOC(F)(F)F)CC1. The van der Waals surface area contributed by atoms with E-state index in [1.807, 2.05) is 4.90 Å². The van der Waals surface area contributed by atoms with Crippen LogP contribution in [0.15, 0.2) is 0 Å². The predicted molar refractivity (Wildman–Crippen MR) is 42.2 cm³/mol. The minimum atomic E-state index is -4.54. The van der Waals surface area contributed by atoms with Crippen LogP contribution in [0, 0.1) is 0 Å². The highest BCUT2D eigenvalue weighted by atomic mass is 19.4. The smallest absolute Gasteiger partial charge is 0.301 e. The van der Waals surface area contributed by atoms with Crippen molar-refractivity contribution in [1.29, 1.82) is 0 Å². The molecule has 0 amide bonds. The van der Waals surface area contributed by atoms with E-state index in [9.17, 15) is 18.3 Å². The first-order valence-corrected chi connectivity index (χ1v) is 4.56. The van der Waals surface area contributed by atoms with Gasteiger partial charge in [0.05, 0.1) is 12.7 Å². The van der Waals surface area contributed by atoms with E-state index < -0.39 is 12.5 Å². The molecule has 3 nitrogen and oxygen atoms in total. The molecule has 0 aromatic heterocycles. The van der Waals surface area contributed by atoms with Crippen molar-refractivity contribution in [3.63, 3.8) is 0 Å². The number of nitrogens with zero attached hydrogens (tertiary/aromatic N) is 1. The van der Waals surface area contributed by atoms with Crippen molar-refractivity contribution in [1.82, 2.24) is 4.90 Å². The molecule has 0 aromatic carbocycles. The van der Waals surface area contributed by atoms with Gasteiger partial charge in [-0.05, 0) is 12.8 Å². The number of piperidine rings is 1. The molecule has 83 valence electrons. The van der Waals surface area contributed by atoms with Crippen molar-refractivity contribution in [2.24, 2.45) is 0 Å². The fourth-order valence-corrected chi connectivity index (χ4v) is 1.42. The van der Waals surface area contributed by atoms with Gasteiger partial charge in [0.1, 0.15) is 0 Å². The first-order chi connectivity index (χ1) is 6.47. The maximum atomic E-state index is 11.6. The first-order valence-electron chi connectivity index (χ1n) is 4.56. The van der Waals surface area contributed by atoms with E-state index in [2.05, 4.69) is 4.74 Å². The average molecular weight is 212 g/mol. The van der Waals surface area contributed by atoms with Crippen molar-refractivity contribution < 1.29 is 23.0 Å². The molecule has 1 rings (SSSR count). The van der Waals surface area contributed by atoms with Crippen molar-refractivity contribution in [3.8, 4) is 0 Å². The Labute approximate surface area is 80.5 Å². The highest BCUT2D eigenvalue weighted by Crippen LogP contribution is 2.16.